The van der Waals surface area contributed by atoms with Crippen molar-refractivity contribution >= 4 is 11.9 Å². The van der Waals surface area contributed by atoms with Gasteiger partial charge in [0.15, 0.2) is 0 Å². The maximum atomic E-state index is 13.2. The van der Waals surface area contributed by atoms with Gasteiger partial charge in [-0.15, -0.1) is 0 Å². The van der Waals surface area contributed by atoms with Gasteiger partial charge in [0.2, 0.25) is 5.91 Å². The van der Waals surface area contributed by atoms with E-state index < -0.39 is 23.5 Å². The fourth-order valence-electron chi connectivity index (χ4n) is 1.26. The summed E-state index contributed by atoms with van der Waals surface area (Å²) in [6.45, 7) is 0.0865. The van der Waals surface area contributed by atoms with Crippen molar-refractivity contribution in [1.82, 2.24) is 5.32 Å². The van der Waals surface area contributed by atoms with Gasteiger partial charge in [-0.1, -0.05) is 0 Å². The minimum Gasteiger partial charge on any atom is -0.478 e. The molecule has 1 rings (SSSR count). The lowest BCUT2D eigenvalue weighted by atomic mass is 10.1. The summed E-state index contributed by atoms with van der Waals surface area (Å²) >= 11 is 0. The quantitative estimate of drug-likeness (QED) is 0.778. The number of rotatable bonds is 5. The highest BCUT2D eigenvalue weighted by Crippen LogP contribution is 2.09. The second-order valence-corrected chi connectivity index (χ2v) is 3.45. The zero-order valence-electron chi connectivity index (χ0n) is 9.32. The third kappa shape index (κ3) is 4.73. The van der Waals surface area contributed by atoms with Crippen molar-refractivity contribution in [2.24, 2.45) is 0 Å². The molecule has 0 spiro atoms. The summed E-state index contributed by atoms with van der Waals surface area (Å²) in [5.41, 5.74) is 0.150. The molecule has 96 valence electrons. The zero-order valence-corrected chi connectivity index (χ0v) is 9.32. The first-order chi connectivity index (χ1) is 8.49. The first-order valence-electron chi connectivity index (χ1n) is 5.12. The molecule has 4 nitrogen and oxygen atoms in total. The van der Waals surface area contributed by atoms with E-state index in [1.165, 1.54) is 0 Å². The second-order valence-electron chi connectivity index (χ2n) is 3.45. The van der Waals surface area contributed by atoms with Crippen LogP contribution in [0.3, 0.4) is 0 Å². The van der Waals surface area contributed by atoms with E-state index in [9.17, 15) is 18.4 Å². The maximum absolute atomic E-state index is 13.2. The monoisotopic (exact) mass is 255 g/mol. The van der Waals surface area contributed by atoms with Crippen molar-refractivity contribution in [3.8, 4) is 0 Å². The highest BCUT2D eigenvalue weighted by molar-refractivity contribution is 5.93. The molecule has 1 amide bonds. The van der Waals surface area contributed by atoms with Crippen LogP contribution < -0.4 is 5.32 Å². The lowest BCUT2D eigenvalue weighted by molar-refractivity contribution is -0.131. The molecule has 1 aromatic rings. The van der Waals surface area contributed by atoms with Crippen LogP contribution in [0.5, 0.6) is 0 Å². The van der Waals surface area contributed by atoms with Crippen molar-refractivity contribution in [2.45, 2.75) is 6.42 Å². The van der Waals surface area contributed by atoms with Crippen LogP contribution in [0.1, 0.15) is 5.56 Å². The molecule has 0 aliphatic heterocycles. The first-order valence-corrected chi connectivity index (χ1v) is 5.12. The van der Waals surface area contributed by atoms with Gasteiger partial charge in [-0.2, -0.15) is 0 Å². The van der Waals surface area contributed by atoms with Crippen LogP contribution in [0.2, 0.25) is 0 Å². The molecule has 0 aromatic heterocycles. The van der Waals surface area contributed by atoms with E-state index >= 15 is 0 Å². The van der Waals surface area contributed by atoms with Crippen LogP contribution in [-0.4, -0.2) is 23.5 Å². The Morgan fingerprint density at radius 3 is 2.67 bits per heavy atom. The Bertz CT molecular complexity index is 486. The Labute approximate surface area is 102 Å². The number of carbonyl (C=O) groups excluding carboxylic acids is 1. The Morgan fingerprint density at radius 1 is 1.28 bits per heavy atom. The van der Waals surface area contributed by atoms with Crippen LogP contribution in [0.25, 0.3) is 0 Å². The van der Waals surface area contributed by atoms with Gasteiger partial charge in [-0.3, -0.25) is 4.79 Å². The molecule has 18 heavy (non-hydrogen) atoms. The van der Waals surface area contributed by atoms with Gasteiger partial charge in [-0.05, 0) is 30.2 Å². The van der Waals surface area contributed by atoms with Crippen LogP contribution in [0.15, 0.2) is 30.4 Å². The van der Waals surface area contributed by atoms with Crippen molar-refractivity contribution in [3.05, 3.63) is 47.5 Å². The van der Waals surface area contributed by atoms with Crippen LogP contribution >= 0.6 is 0 Å². The van der Waals surface area contributed by atoms with Gasteiger partial charge in [0.1, 0.15) is 11.6 Å². The summed E-state index contributed by atoms with van der Waals surface area (Å²) in [6.07, 6.45) is 1.67. The Hall–Kier alpha value is -2.24. The molecule has 0 aliphatic carbocycles. The molecule has 0 aliphatic rings. The topological polar surface area (TPSA) is 66.4 Å². The van der Waals surface area contributed by atoms with Crippen molar-refractivity contribution in [3.63, 3.8) is 0 Å². The van der Waals surface area contributed by atoms with E-state index in [0.29, 0.717) is 6.08 Å². The smallest absolute Gasteiger partial charge is 0.328 e. The van der Waals surface area contributed by atoms with Gasteiger partial charge < -0.3 is 10.4 Å². The Balaban J connectivity index is 2.44. The van der Waals surface area contributed by atoms with E-state index in [-0.39, 0.29) is 18.5 Å². The maximum Gasteiger partial charge on any atom is 0.328 e. The predicted molar refractivity (Wildman–Crippen MR) is 59.8 cm³/mol. The molecular formula is C12H11F2NO3. The number of benzene rings is 1. The fourth-order valence-corrected chi connectivity index (χ4v) is 1.26. The highest BCUT2D eigenvalue weighted by Gasteiger charge is 2.04. The van der Waals surface area contributed by atoms with Crippen LogP contribution in [-0.2, 0) is 16.0 Å². The predicted octanol–water partition coefficient (Wildman–Crippen LogP) is 1.26. The molecule has 0 bridgehead atoms. The van der Waals surface area contributed by atoms with Crippen molar-refractivity contribution in [2.75, 3.05) is 6.54 Å². The lowest BCUT2D eigenvalue weighted by Gasteiger charge is -2.04. The molecule has 0 saturated heterocycles. The number of carboxylic acids is 1. The summed E-state index contributed by atoms with van der Waals surface area (Å²) in [6, 6.07) is 3.07. The average molecular weight is 255 g/mol. The standard InChI is InChI=1S/C12H11F2NO3/c13-9-1-2-10(14)8(7-9)5-6-15-11(16)3-4-12(17)18/h1-4,7H,5-6H2,(H,15,16)(H,17,18)/b4-3+. The fraction of sp³-hybridized carbons (Fsp3) is 0.167. The van der Waals surface area contributed by atoms with Crippen molar-refractivity contribution in [1.29, 1.82) is 0 Å². The summed E-state index contributed by atoms with van der Waals surface area (Å²) < 4.78 is 26.0. The number of carboxylic acid groups (broad SMARTS) is 1. The van der Waals surface area contributed by atoms with E-state index in [1.807, 2.05) is 0 Å². The van der Waals surface area contributed by atoms with Gasteiger partial charge in [-0.25, -0.2) is 13.6 Å². The molecule has 0 fully saturated rings. The molecule has 2 N–H and O–H groups in total. The second kappa shape index (κ2) is 6.48. The van der Waals surface area contributed by atoms with Gasteiger partial charge in [0, 0.05) is 18.7 Å². The summed E-state index contributed by atoms with van der Waals surface area (Å²) in [7, 11) is 0. The minimum atomic E-state index is -1.23. The lowest BCUT2D eigenvalue weighted by Crippen LogP contribution is -2.24. The Kier molecular flexibility index (Phi) is 4.98. The molecule has 0 atom stereocenters. The summed E-state index contributed by atoms with van der Waals surface area (Å²) in [5.74, 6) is -2.94. The Morgan fingerprint density at radius 2 is 2.00 bits per heavy atom. The number of hydrogen-bond acceptors (Lipinski definition) is 2. The number of aliphatic carboxylic acids is 1. The van der Waals surface area contributed by atoms with E-state index in [4.69, 9.17) is 5.11 Å². The number of hydrogen-bond donors (Lipinski definition) is 2. The number of nitrogens with one attached hydrogen (secondary N) is 1. The van der Waals surface area contributed by atoms with Gasteiger partial charge in [0.05, 0.1) is 0 Å². The van der Waals surface area contributed by atoms with Crippen LogP contribution in [0, 0.1) is 11.6 Å². The molecule has 6 heteroatoms. The highest BCUT2D eigenvalue weighted by atomic mass is 19.1. The van der Waals surface area contributed by atoms with Gasteiger partial charge in [0.25, 0.3) is 0 Å². The summed E-state index contributed by atoms with van der Waals surface area (Å²) in [4.78, 5) is 21.2. The third-order valence-electron chi connectivity index (χ3n) is 2.08. The molecule has 0 unspecified atom stereocenters. The third-order valence-corrected chi connectivity index (χ3v) is 2.08. The number of carbonyl (C=O) groups is 2. The molecule has 1 aromatic carbocycles. The van der Waals surface area contributed by atoms with E-state index in [2.05, 4.69) is 5.32 Å². The number of halogens is 2. The molecular weight excluding hydrogens is 244 g/mol. The largest absolute Gasteiger partial charge is 0.478 e. The van der Waals surface area contributed by atoms with E-state index in [0.717, 1.165) is 24.3 Å². The van der Waals surface area contributed by atoms with E-state index in [1.54, 1.807) is 0 Å². The molecule has 0 heterocycles. The zero-order chi connectivity index (χ0) is 13.5. The minimum absolute atomic E-state index is 0.0865. The molecule has 0 radical (unpaired) electrons. The number of amides is 1. The van der Waals surface area contributed by atoms with Crippen molar-refractivity contribution < 1.29 is 23.5 Å². The first kappa shape index (κ1) is 13.8. The molecule has 0 saturated carbocycles. The van der Waals surface area contributed by atoms with Gasteiger partial charge >= 0.3 is 5.97 Å². The summed E-state index contributed by atoms with van der Waals surface area (Å²) in [5, 5.41) is 10.6. The normalized spacial score (nSPS) is 10.6. The SMILES string of the molecule is O=C(O)/C=C/C(=O)NCCc1cc(F)ccc1F. The average Bonchev–Trinajstić information content (AvgIpc) is 2.31. The van der Waals surface area contributed by atoms with Crippen LogP contribution in [0.4, 0.5) is 8.78 Å².